The zero-order chi connectivity index (χ0) is 16.2. The summed E-state index contributed by atoms with van der Waals surface area (Å²) in [6.45, 7) is 3.36. The molecule has 0 N–H and O–H groups in total. The Morgan fingerprint density at radius 2 is 1.54 bits per heavy atom. The van der Waals surface area contributed by atoms with E-state index in [-0.39, 0.29) is 0 Å². The van der Waals surface area contributed by atoms with E-state index in [9.17, 15) is 0 Å². The molecule has 1 saturated heterocycles. The van der Waals surface area contributed by atoms with Crippen molar-refractivity contribution < 1.29 is 0 Å². The molecule has 122 valence electrons. The number of nitrogens with zero attached hydrogens (tertiary/aromatic N) is 3. The van der Waals surface area contributed by atoms with E-state index in [1.54, 1.807) is 0 Å². The van der Waals surface area contributed by atoms with Gasteiger partial charge in [0.1, 0.15) is 0 Å². The van der Waals surface area contributed by atoms with Gasteiger partial charge in [-0.3, -0.25) is 4.90 Å². The molecule has 1 fully saturated rings. The highest BCUT2D eigenvalue weighted by Crippen LogP contribution is 2.26. The van der Waals surface area contributed by atoms with Gasteiger partial charge in [0.05, 0.1) is 12.0 Å². The lowest BCUT2D eigenvalue weighted by Gasteiger charge is -2.32. The van der Waals surface area contributed by atoms with E-state index in [2.05, 4.69) is 75.2 Å². The van der Waals surface area contributed by atoms with Crippen LogP contribution in [0, 0.1) is 0 Å². The van der Waals surface area contributed by atoms with Crippen LogP contribution in [0.2, 0.25) is 0 Å². The smallest absolute Gasteiger partial charge is 0.0956 e. The standard InChI is InChI=1S/C21H23N3/c1-3-7-18(8-4-1)15-23-13-11-20(12-14-23)24-16-21(22-17-24)19-9-5-2-6-10-19/h1-10,16-17,20H,11-15H2. The molecule has 0 amide bonds. The minimum Gasteiger partial charge on any atom is -0.334 e. The molecule has 0 atom stereocenters. The molecule has 3 aromatic rings. The third-order valence-corrected chi connectivity index (χ3v) is 4.90. The van der Waals surface area contributed by atoms with Crippen molar-refractivity contribution in [2.45, 2.75) is 25.4 Å². The molecule has 0 radical (unpaired) electrons. The Labute approximate surface area is 143 Å². The Morgan fingerprint density at radius 1 is 0.875 bits per heavy atom. The molecule has 0 unspecified atom stereocenters. The van der Waals surface area contributed by atoms with Gasteiger partial charge in [-0.25, -0.2) is 4.98 Å². The number of hydrogen-bond acceptors (Lipinski definition) is 2. The third kappa shape index (κ3) is 3.41. The second kappa shape index (κ2) is 7.02. The number of aromatic nitrogens is 2. The third-order valence-electron chi connectivity index (χ3n) is 4.90. The summed E-state index contributed by atoms with van der Waals surface area (Å²) in [5, 5.41) is 0. The van der Waals surface area contributed by atoms with Gasteiger partial charge in [-0.2, -0.15) is 0 Å². The molecule has 0 aliphatic carbocycles. The maximum Gasteiger partial charge on any atom is 0.0956 e. The van der Waals surface area contributed by atoms with Crippen LogP contribution in [0.5, 0.6) is 0 Å². The molecule has 2 heterocycles. The fourth-order valence-electron chi connectivity index (χ4n) is 3.51. The quantitative estimate of drug-likeness (QED) is 0.712. The van der Waals surface area contributed by atoms with Crippen LogP contribution in [0.3, 0.4) is 0 Å². The molecule has 24 heavy (non-hydrogen) atoms. The van der Waals surface area contributed by atoms with Crippen molar-refractivity contribution in [2.24, 2.45) is 0 Å². The van der Waals surface area contributed by atoms with Crippen LogP contribution < -0.4 is 0 Å². The van der Waals surface area contributed by atoms with Crippen LogP contribution in [-0.2, 0) is 6.54 Å². The largest absolute Gasteiger partial charge is 0.334 e. The maximum absolute atomic E-state index is 4.60. The average molecular weight is 317 g/mol. The molecule has 1 aromatic heterocycles. The van der Waals surface area contributed by atoms with Gasteiger partial charge in [-0.05, 0) is 18.4 Å². The predicted octanol–water partition coefficient (Wildman–Crippen LogP) is 4.39. The summed E-state index contributed by atoms with van der Waals surface area (Å²) in [5.74, 6) is 0. The molecule has 3 heteroatoms. The highest BCUT2D eigenvalue weighted by Gasteiger charge is 2.20. The Balaban J connectivity index is 1.37. The van der Waals surface area contributed by atoms with Crippen molar-refractivity contribution in [1.29, 1.82) is 0 Å². The second-order valence-electron chi connectivity index (χ2n) is 6.57. The normalized spacial score (nSPS) is 16.3. The van der Waals surface area contributed by atoms with Gasteiger partial charge in [-0.15, -0.1) is 0 Å². The van der Waals surface area contributed by atoms with E-state index >= 15 is 0 Å². The molecule has 3 nitrogen and oxygen atoms in total. The summed E-state index contributed by atoms with van der Waals surface area (Å²) in [7, 11) is 0. The van der Waals surface area contributed by atoms with Crippen LogP contribution in [0.25, 0.3) is 11.3 Å². The molecule has 0 spiro atoms. The van der Waals surface area contributed by atoms with Crippen LogP contribution in [0.1, 0.15) is 24.4 Å². The van der Waals surface area contributed by atoms with E-state index in [0.29, 0.717) is 6.04 Å². The number of piperidine rings is 1. The van der Waals surface area contributed by atoms with Gasteiger partial charge in [0.25, 0.3) is 0 Å². The number of hydrogen-bond donors (Lipinski definition) is 0. The van der Waals surface area contributed by atoms with Crippen LogP contribution in [0.15, 0.2) is 73.2 Å². The molecule has 2 aromatic carbocycles. The minimum atomic E-state index is 0.571. The molecule has 0 saturated carbocycles. The van der Waals surface area contributed by atoms with Gasteiger partial charge >= 0.3 is 0 Å². The summed E-state index contributed by atoms with van der Waals surface area (Å²) in [6.07, 6.45) is 6.58. The van der Waals surface area contributed by atoms with Crippen LogP contribution >= 0.6 is 0 Å². The van der Waals surface area contributed by atoms with Gasteiger partial charge < -0.3 is 4.57 Å². The molecule has 1 aliphatic heterocycles. The number of rotatable bonds is 4. The molecular formula is C21H23N3. The van der Waals surface area contributed by atoms with Crippen molar-refractivity contribution in [3.05, 3.63) is 78.8 Å². The summed E-state index contributed by atoms with van der Waals surface area (Å²) < 4.78 is 2.31. The second-order valence-corrected chi connectivity index (χ2v) is 6.57. The van der Waals surface area contributed by atoms with Crippen molar-refractivity contribution >= 4 is 0 Å². The lowest BCUT2D eigenvalue weighted by Crippen LogP contribution is -2.33. The number of benzene rings is 2. The SMILES string of the molecule is c1ccc(CN2CCC(n3cnc(-c4ccccc4)c3)CC2)cc1. The summed E-state index contributed by atoms with van der Waals surface area (Å²) in [5.41, 5.74) is 3.67. The van der Waals surface area contributed by atoms with Crippen molar-refractivity contribution in [2.75, 3.05) is 13.1 Å². The number of likely N-dealkylation sites (tertiary alicyclic amines) is 1. The molecular weight excluding hydrogens is 294 g/mol. The van der Waals surface area contributed by atoms with Gasteiger partial charge in [0, 0.05) is 37.4 Å². The molecule has 4 rings (SSSR count). The van der Waals surface area contributed by atoms with E-state index in [1.807, 2.05) is 12.4 Å². The monoisotopic (exact) mass is 317 g/mol. The first-order valence-corrected chi connectivity index (χ1v) is 8.74. The van der Waals surface area contributed by atoms with Gasteiger partial charge in [-0.1, -0.05) is 60.7 Å². The lowest BCUT2D eigenvalue weighted by molar-refractivity contribution is 0.179. The van der Waals surface area contributed by atoms with Crippen LogP contribution in [0.4, 0.5) is 0 Å². The fraction of sp³-hybridized carbons (Fsp3) is 0.286. The van der Waals surface area contributed by atoms with Gasteiger partial charge in [0.15, 0.2) is 0 Å². The van der Waals surface area contributed by atoms with Gasteiger partial charge in [0.2, 0.25) is 0 Å². The fourth-order valence-corrected chi connectivity index (χ4v) is 3.51. The summed E-state index contributed by atoms with van der Waals surface area (Å²) >= 11 is 0. The van der Waals surface area contributed by atoms with Crippen molar-refractivity contribution in [3.63, 3.8) is 0 Å². The molecule has 0 bridgehead atoms. The topological polar surface area (TPSA) is 21.1 Å². The first kappa shape index (κ1) is 15.2. The van der Waals surface area contributed by atoms with E-state index in [4.69, 9.17) is 0 Å². The summed E-state index contributed by atoms with van der Waals surface area (Å²) in [6, 6.07) is 21.8. The highest BCUT2D eigenvalue weighted by atomic mass is 15.2. The van der Waals surface area contributed by atoms with E-state index in [1.165, 1.54) is 24.0 Å². The van der Waals surface area contributed by atoms with E-state index in [0.717, 1.165) is 25.3 Å². The predicted molar refractivity (Wildman–Crippen MR) is 97.7 cm³/mol. The van der Waals surface area contributed by atoms with Crippen molar-refractivity contribution in [1.82, 2.24) is 14.5 Å². The Hall–Kier alpha value is -2.39. The molecule has 1 aliphatic rings. The first-order chi connectivity index (χ1) is 11.9. The Kier molecular flexibility index (Phi) is 4.43. The van der Waals surface area contributed by atoms with Crippen LogP contribution in [-0.4, -0.2) is 27.5 Å². The Bertz CT molecular complexity index is 756. The highest BCUT2D eigenvalue weighted by molar-refractivity contribution is 5.57. The van der Waals surface area contributed by atoms with Crippen molar-refractivity contribution in [3.8, 4) is 11.3 Å². The maximum atomic E-state index is 4.60. The zero-order valence-electron chi connectivity index (χ0n) is 13.9. The average Bonchev–Trinajstić information content (AvgIpc) is 3.14. The summed E-state index contributed by atoms with van der Waals surface area (Å²) in [4.78, 5) is 7.15. The number of imidazole rings is 1. The lowest BCUT2D eigenvalue weighted by atomic mass is 10.0. The zero-order valence-corrected chi connectivity index (χ0v) is 13.9. The first-order valence-electron chi connectivity index (χ1n) is 8.74. The minimum absolute atomic E-state index is 0.571. The van der Waals surface area contributed by atoms with E-state index < -0.39 is 0 Å². The Morgan fingerprint density at radius 3 is 2.25 bits per heavy atom.